The van der Waals surface area contributed by atoms with E-state index in [0.29, 0.717) is 6.10 Å². The van der Waals surface area contributed by atoms with Crippen LogP contribution in [-0.2, 0) is 4.74 Å². The lowest BCUT2D eigenvalue weighted by molar-refractivity contribution is -0.0220. The van der Waals surface area contributed by atoms with Gasteiger partial charge in [-0.25, -0.2) is 0 Å². The van der Waals surface area contributed by atoms with Gasteiger partial charge in [-0.2, -0.15) is 0 Å². The number of nitrogens with one attached hydrogen (secondary N) is 1. The van der Waals surface area contributed by atoms with E-state index in [9.17, 15) is 0 Å². The summed E-state index contributed by atoms with van der Waals surface area (Å²) in [7, 11) is 0. The Morgan fingerprint density at radius 2 is 2.06 bits per heavy atom. The Balaban J connectivity index is 2.42. The third-order valence-electron chi connectivity index (χ3n) is 3.65. The van der Waals surface area contributed by atoms with Gasteiger partial charge < -0.3 is 10.1 Å². The first-order valence-corrected chi connectivity index (χ1v) is 7.16. The van der Waals surface area contributed by atoms with Gasteiger partial charge in [-0.05, 0) is 38.1 Å². The second-order valence-corrected chi connectivity index (χ2v) is 5.02. The Labute approximate surface area is 101 Å². The van der Waals surface area contributed by atoms with Crippen LogP contribution in [0.1, 0.15) is 59.3 Å². The van der Waals surface area contributed by atoms with E-state index in [1.807, 2.05) is 0 Å². The lowest BCUT2D eigenvalue weighted by atomic mass is 9.85. The zero-order chi connectivity index (χ0) is 11.8. The van der Waals surface area contributed by atoms with Crippen molar-refractivity contribution in [2.45, 2.75) is 71.4 Å². The summed E-state index contributed by atoms with van der Waals surface area (Å²) in [6.45, 7) is 8.82. The van der Waals surface area contributed by atoms with Crippen molar-refractivity contribution in [2.75, 3.05) is 13.2 Å². The summed E-state index contributed by atoms with van der Waals surface area (Å²) in [6, 6.07) is 0.721. The van der Waals surface area contributed by atoms with Crippen molar-refractivity contribution in [1.82, 2.24) is 5.32 Å². The molecule has 1 aliphatic heterocycles. The van der Waals surface area contributed by atoms with Gasteiger partial charge in [0.15, 0.2) is 0 Å². The Morgan fingerprint density at radius 1 is 1.25 bits per heavy atom. The SMILES string of the molecule is CCCC1CC(C(CCC)NCC)CCO1. The molecule has 0 aromatic carbocycles. The Hall–Kier alpha value is -0.0800. The average Bonchev–Trinajstić information content (AvgIpc) is 2.30. The number of hydrogen-bond acceptors (Lipinski definition) is 2. The number of ether oxygens (including phenoxy) is 1. The quantitative estimate of drug-likeness (QED) is 0.720. The van der Waals surface area contributed by atoms with E-state index < -0.39 is 0 Å². The van der Waals surface area contributed by atoms with Crippen LogP contribution in [0.2, 0.25) is 0 Å². The molecule has 0 aromatic rings. The minimum absolute atomic E-state index is 0.529. The van der Waals surface area contributed by atoms with E-state index in [1.165, 1.54) is 38.5 Å². The maximum atomic E-state index is 5.83. The van der Waals surface area contributed by atoms with E-state index >= 15 is 0 Å². The van der Waals surface area contributed by atoms with Crippen LogP contribution in [0.25, 0.3) is 0 Å². The second kappa shape index (κ2) is 8.08. The predicted octanol–water partition coefficient (Wildman–Crippen LogP) is 3.36. The molecule has 3 atom stereocenters. The monoisotopic (exact) mass is 227 g/mol. The molecule has 1 N–H and O–H groups in total. The predicted molar refractivity (Wildman–Crippen MR) is 69.7 cm³/mol. The molecule has 2 nitrogen and oxygen atoms in total. The van der Waals surface area contributed by atoms with Gasteiger partial charge in [-0.3, -0.25) is 0 Å². The van der Waals surface area contributed by atoms with E-state index in [2.05, 4.69) is 26.1 Å². The summed E-state index contributed by atoms with van der Waals surface area (Å²) in [5, 5.41) is 3.66. The minimum atomic E-state index is 0.529. The Morgan fingerprint density at radius 3 is 2.69 bits per heavy atom. The molecule has 1 fully saturated rings. The molecule has 0 spiro atoms. The summed E-state index contributed by atoms with van der Waals surface area (Å²) >= 11 is 0. The van der Waals surface area contributed by atoms with Gasteiger partial charge in [-0.1, -0.05) is 33.6 Å². The highest BCUT2D eigenvalue weighted by Gasteiger charge is 2.27. The van der Waals surface area contributed by atoms with Gasteiger partial charge in [0.1, 0.15) is 0 Å². The van der Waals surface area contributed by atoms with Crippen LogP contribution >= 0.6 is 0 Å². The smallest absolute Gasteiger partial charge is 0.0578 e. The fourth-order valence-electron chi connectivity index (χ4n) is 2.88. The fourth-order valence-corrected chi connectivity index (χ4v) is 2.88. The highest BCUT2D eigenvalue weighted by molar-refractivity contribution is 4.81. The highest BCUT2D eigenvalue weighted by Crippen LogP contribution is 2.27. The van der Waals surface area contributed by atoms with E-state index in [4.69, 9.17) is 4.74 Å². The maximum absolute atomic E-state index is 5.83. The zero-order valence-corrected chi connectivity index (χ0v) is 11.3. The summed E-state index contributed by atoms with van der Waals surface area (Å²) < 4.78 is 5.83. The van der Waals surface area contributed by atoms with Gasteiger partial charge in [0, 0.05) is 12.6 Å². The van der Waals surface area contributed by atoms with E-state index in [-0.39, 0.29) is 0 Å². The van der Waals surface area contributed by atoms with Gasteiger partial charge in [0.25, 0.3) is 0 Å². The van der Waals surface area contributed by atoms with Gasteiger partial charge in [-0.15, -0.1) is 0 Å². The van der Waals surface area contributed by atoms with Gasteiger partial charge >= 0.3 is 0 Å². The highest BCUT2D eigenvalue weighted by atomic mass is 16.5. The van der Waals surface area contributed by atoms with Crippen LogP contribution in [0, 0.1) is 5.92 Å². The molecule has 1 rings (SSSR count). The largest absolute Gasteiger partial charge is 0.378 e. The molecule has 1 heterocycles. The summed E-state index contributed by atoms with van der Waals surface area (Å²) in [6.07, 6.45) is 8.13. The van der Waals surface area contributed by atoms with Gasteiger partial charge in [0.05, 0.1) is 6.10 Å². The van der Waals surface area contributed by atoms with Crippen molar-refractivity contribution in [3.63, 3.8) is 0 Å². The van der Waals surface area contributed by atoms with Crippen LogP contribution in [0.3, 0.4) is 0 Å². The third kappa shape index (κ3) is 4.42. The molecule has 0 aliphatic carbocycles. The molecule has 1 aliphatic rings. The number of hydrogen-bond donors (Lipinski definition) is 1. The summed E-state index contributed by atoms with van der Waals surface area (Å²) in [5.74, 6) is 0.838. The summed E-state index contributed by atoms with van der Waals surface area (Å²) in [4.78, 5) is 0. The van der Waals surface area contributed by atoms with Crippen LogP contribution in [-0.4, -0.2) is 25.3 Å². The van der Waals surface area contributed by atoms with Crippen LogP contribution in [0.4, 0.5) is 0 Å². The Bertz CT molecular complexity index is 164. The first-order chi connectivity index (χ1) is 7.81. The molecule has 3 unspecified atom stereocenters. The van der Waals surface area contributed by atoms with Crippen molar-refractivity contribution in [2.24, 2.45) is 5.92 Å². The van der Waals surface area contributed by atoms with Crippen molar-refractivity contribution < 1.29 is 4.74 Å². The second-order valence-electron chi connectivity index (χ2n) is 5.02. The molecule has 96 valence electrons. The Kier molecular flexibility index (Phi) is 7.06. The fraction of sp³-hybridized carbons (Fsp3) is 1.00. The molecule has 16 heavy (non-hydrogen) atoms. The van der Waals surface area contributed by atoms with Crippen molar-refractivity contribution in [1.29, 1.82) is 0 Å². The molecule has 0 aromatic heterocycles. The van der Waals surface area contributed by atoms with Crippen molar-refractivity contribution in [3.8, 4) is 0 Å². The standard InChI is InChI=1S/C14H29NO/c1-4-7-13-11-12(9-10-16-13)14(8-5-2)15-6-3/h12-15H,4-11H2,1-3H3. The third-order valence-corrected chi connectivity index (χ3v) is 3.65. The van der Waals surface area contributed by atoms with Crippen LogP contribution < -0.4 is 5.32 Å². The maximum Gasteiger partial charge on any atom is 0.0578 e. The molecular formula is C14H29NO. The minimum Gasteiger partial charge on any atom is -0.378 e. The van der Waals surface area contributed by atoms with Gasteiger partial charge in [0.2, 0.25) is 0 Å². The molecular weight excluding hydrogens is 198 g/mol. The van der Waals surface area contributed by atoms with Crippen LogP contribution in [0.5, 0.6) is 0 Å². The van der Waals surface area contributed by atoms with E-state index in [1.54, 1.807) is 0 Å². The topological polar surface area (TPSA) is 21.3 Å². The first kappa shape index (κ1) is 14.0. The molecule has 0 radical (unpaired) electrons. The zero-order valence-electron chi connectivity index (χ0n) is 11.3. The van der Waals surface area contributed by atoms with Crippen molar-refractivity contribution >= 4 is 0 Å². The number of rotatable bonds is 7. The summed E-state index contributed by atoms with van der Waals surface area (Å²) in [5.41, 5.74) is 0. The molecule has 2 heteroatoms. The molecule has 0 amide bonds. The first-order valence-electron chi connectivity index (χ1n) is 7.16. The van der Waals surface area contributed by atoms with Crippen molar-refractivity contribution in [3.05, 3.63) is 0 Å². The lowest BCUT2D eigenvalue weighted by Gasteiger charge is -2.35. The normalized spacial score (nSPS) is 27.9. The van der Waals surface area contributed by atoms with E-state index in [0.717, 1.165) is 25.1 Å². The lowest BCUT2D eigenvalue weighted by Crippen LogP contribution is -2.41. The molecule has 0 bridgehead atoms. The molecule has 0 saturated carbocycles. The average molecular weight is 227 g/mol. The van der Waals surface area contributed by atoms with Crippen LogP contribution in [0.15, 0.2) is 0 Å². The molecule has 1 saturated heterocycles.